The molecule has 1 heterocycles. The molecule has 1 aliphatic carbocycles. The molecule has 0 radical (unpaired) electrons. The number of aryl methyl sites for hydroxylation is 2. The third-order valence-electron chi connectivity index (χ3n) is 4.71. The van der Waals surface area contributed by atoms with Crippen LogP contribution in [0.25, 0.3) is 0 Å². The van der Waals surface area contributed by atoms with Crippen LogP contribution in [0.15, 0.2) is 41.4 Å². The summed E-state index contributed by atoms with van der Waals surface area (Å²) < 4.78 is 59.0. The molecule has 1 atom stereocenters. The highest BCUT2D eigenvalue weighted by Crippen LogP contribution is 2.37. The number of hydrogen-bond donors (Lipinski definition) is 0. The van der Waals surface area contributed by atoms with Crippen LogP contribution in [0.1, 0.15) is 23.2 Å². The minimum atomic E-state index is -3.82. The zero-order chi connectivity index (χ0) is 17.5. The zero-order valence-corrected chi connectivity index (χ0v) is 14.3. The van der Waals surface area contributed by atoms with Gasteiger partial charge in [-0.3, -0.25) is 0 Å². The van der Waals surface area contributed by atoms with Crippen molar-refractivity contribution < 1.29 is 21.9 Å². The Morgan fingerprint density at radius 1 is 1.21 bits per heavy atom. The molecule has 0 spiro atoms. The van der Waals surface area contributed by atoms with Crippen LogP contribution in [0.3, 0.4) is 0 Å². The van der Waals surface area contributed by atoms with Crippen molar-refractivity contribution in [2.75, 3.05) is 7.11 Å². The van der Waals surface area contributed by atoms with Crippen LogP contribution in [-0.4, -0.2) is 31.5 Å². The Morgan fingerprint density at radius 2 is 1.88 bits per heavy atom. The monoisotopic (exact) mass is 355 g/mol. The Labute approximate surface area is 140 Å². The largest absolute Gasteiger partial charge is 0.372 e. The molecule has 0 bridgehead atoms. The highest BCUT2D eigenvalue weighted by atomic mass is 32.2. The van der Waals surface area contributed by atoms with Crippen LogP contribution in [0.4, 0.5) is 8.78 Å². The van der Waals surface area contributed by atoms with Gasteiger partial charge in [-0.25, -0.2) is 21.2 Å². The Kier molecular flexibility index (Phi) is 4.25. The standard InChI is InChI=1S/C17H19F2NO3S/c1-12-3-5-14(6-4-12)24(21,22)20-10-8-13-7-9-17(23-2,16(18)19)11-15(13)20/h3-6,8,10,16H,7,9,11H2,1-2H3/t17-/m0/s1. The summed E-state index contributed by atoms with van der Waals surface area (Å²) in [7, 11) is -2.57. The first kappa shape index (κ1) is 17.1. The normalized spacial score (nSPS) is 21.0. The Balaban J connectivity index is 2.07. The predicted octanol–water partition coefficient (Wildman–Crippen LogP) is 3.17. The second-order valence-corrected chi connectivity index (χ2v) is 7.96. The fraction of sp³-hybridized carbons (Fsp3) is 0.412. The van der Waals surface area contributed by atoms with Gasteiger partial charge in [-0.15, -0.1) is 0 Å². The number of methoxy groups -OCH3 is 1. The molecule has 4 nitrogen and oxygen atoms in total. The Bertz CT molecular complexity index is 843. The molecule has 7 heteroatoms. The average Bonchev–Trinajstić information content (AvgIpc) is 2.98. The lowest BCUT2D eigenvalue weighted by molar-refractivity contribution is -0.128. The summed E-state index contributed by atoms with van der Waals surface area (Å²) in [6.07, 6.45) is -0.834. The highest BCUT2D eigenvalue weighted by Gasteiger charge is 2.45. The highest BCUT2D eigenvalue weighted by molar-refractivity contribution is 7.90. The number of rotatable bonds is 4. The summed E-state index contributed by atoms with van der Waals surface area (Å²) in [5, 5.41) is 0. The van der Waals surface area contributed by atoms with Crippen LogP contribution in [0, 0.1) is 6.92 Å². The first-order valence-electron chi connectivity index (χ1n) is 7.65. The van der Waals surface area contributed by atoms with Crippen LogP contribution in [0.5, 0.6) is 0 Å². The van der Waals surface area contributed by atoms with Crippen molar-refractivity contribution in [2.45, 2.75) is 43.1 Å². The SMILES string of the molecule is CO[C@@]1(C(F)F)CCc2ccn(S(=O)(=O)c3ccc(C)cc3)c2C1. The van der Waals surface area contributed by atoms with E-state index in [0.29, 0.717) is 12.1 Å². The van der Waals surface area contributed by atoms with Gasteiger partial charge in [0.15, 0.2) is 0 Å². The third-order valence-corrected chi connectivity index (χ3v) is 6.44. The predicted molar refractivity (Wildman–Crippen MR) is 86.0 cm³/mol. The fourth-order valence-electron chi connectivity index (χ4n) is 3.12. The lowest BCUT2D eigenvalue weighted by Crippen LogP contribution is -2.45. The summed E-state index contributed by atoms with van der Waals surface area (Å²) in [5.74, 6) is 0. The van der Waals surface area contributed by atoms with E-state index in [1.165, 1.54) is 25.4 Å². The van der Waals surface area contributed by atoms with Crippen molar-refractivity contribution >= 4 is 10.0 Å². The minimum absolute atomic E-state index is 0.130. The van der Waals surface area contributed by atoms with Crippen LogP contribution in [-0.2, 0) is 27.6 Å². The van der Waals surface area contributed by atoms with Crippen LogP contribution >= 0.6 is 0 Å². The zero-order valence-electron chi connectivity index (χ0n) is 13.5. The van der Waals surface area contributed by atoms with Gasteiger partial charge in [-0.2, -0.15) is 0 Å². The molecule has 0 amide bonds. The number of aromatic nitrogens is 1. The fourth-order valence-corrected chi connectivity index (χ4v) is 4.52. The first-order valence-corrected chi connectivity index (χ1v) is 9.09. The summed E-state index contributed by atoms with van der Waals surface area (Å²) in [6.45, 7) is 1.86. The maximum absolute atomic E-state index is 13.5. The van der Waals surface area contributed by atoms with E-state index in [0.717, 1.165) is 15.1 Å². The molecule has 0 saturated carbocycles. The van der Waals surface area contributed by atoms with E-state index >= 15 is 0 Å². The number of fused-ring (bicyclic) bond motifs is 1. The van der Waals surface area contributed by atoms with Gasteiger partial charge in [-0.1, -0.05) is 17.7 Å². The number of nitrogens with zero attached hydrogens (tertiary/aromatic N) is 1. The number of benzene rings is 1. The van der Waals surface area contributed by atoms with E-state index in [-0.39, 0.29) is 17.7 Å². The number of halogens is 2. The number of hydrogen-bond acceptors (Lipinski definition) is 3. The Morgan fingerprint density at radius 3 is 2.46 bits per heavy atom. The van der Waals surface area contributed by atoms with Crippen molar-refractivity contribution in [3.63, 3.8) is 0 Å². The number of ether oxygens (including phenoxy) is 1. The molecular weight excluding hydrogens is 336 g/mol. The topological polar surface area (TPSA) is 48.3 Å². The molecule has 1 aromatic carbocycles. The minimum Gasteiger partial charge on any atom is -0.372 e. The molecule has 1 aromatic heterocycles. The number of alkyl halides is 2. The second-order valence-electron chi connectivity index (χ2n) is 6.15. The van der Waals surface area contributed by atoms with Gasteiger partial charge in [0, 0.05) is 25.4 Å². The van der Waals surface area contributed by atoms with Gasteiger partial charge >= 0.3 is 0 Å². The lowest BCUT2D eigenvalue weighted by atomic mass is 9.84. The van der Waals surface area contributed by atoms with Crippen LogP contribution in [0.2, 0.25) is 0 Å². The summed E-state index contributed by atoms with van der Waals surface area (Å²) in [6, 6.07) is 8.15. The molecule has 24 heavy (non-hydrogen) atoms. The van der Waals surface area contributed by atoms with Crippen molar-refractivity contribution in [3.05, 3.63) is 53.3 Å². The van der Waals surface area contributed by atoms with Gasteiger partial charge in [0.25, 0.3) is 16.4 Å². The molecule has 3 rings (SSSR count). The third kappa shape index (κ3) is 2.65. The molecule has 130 valence electrons. The maximum atomic E-state index is 13.5. The van der Waals surface area contributed by atoms with E-state index in [9.17, 15) is 17.2 Å². The lowest BCUT2D eigenvalue weighted by Gasteiger charge is -2.35. The molecule has 0 fully saturated rings. The van der Waals surface area contributed by atoms with Crippen molar-refractivity contribution in [3.8, 4) is 0 Å². The summed E-state index contributed by atoms with van der Waals surface area (Å²) in [4.78, 5) is 0.136. The van der Waals surface area contributed by atoms with Crippen molar-refractivity contribution in [1.29, 1.82) is 0 Å². The van der Waals surface area contributed by atoms with Gasteiger partial charge in [0.05, 0.1) is 4.90 Å². The molecule has 0 unspecified atom stereocenters. The quantitative estimate of drug-likeness (QED) is 0.846. The summed E-state index contributed by atoms with van der Waals surface area (Å²) >= 11 is 0. The van der Waals surface area contributed by atoms with E-state index in [2.05, 4.69) is 0 Å². The summed E-state index contributed by atoms with van der Waals surface area (Å²) in [5.41, 5.74) is 0.467. The second kappa shape index (κ2) is 5.97. The van der Waals surface area contributed by atoms with E-state index < -0.39 is 22.0 Å². The average molecular weight is 355 g/mol. The smallest absolute Gasteiger partial charge is 0.267 e. The van der Waals surface area contributed by atoms with E-state index in [1.807, 2.05) is 6.92 Å². The van der Waals surface area contributed by atoms with Gasteiger partial charge < -0.3 is 4.74 Å². The van der Waals surface area contributed by atoms with Crippen molar-refractivity contribution in [2.24, 2.45) is 0 Å². The molecule has 0 aliphatic heterocycles. The van der Waals surface area contributed by atoms with Crippen LogP contribution < -0.4 is 0 Å². The van der Waals surface area contributed by atoms with E-state index in [1.54, 1.807) is 18.2 Å². The van der Waals surface area contributed by atoms with Gasteiger partial charge in [0.1, 0.15) is 5.60 Å². The molecule has 1 aliphatic rings. The maximum Gasteiger partial charge on any atom is 0.267 e. The molecule has 2 aromatic rings. The first-order chi connectivity index (χ1) is 11.3. The van der Waals surface area contributed by atoms with Gasteiger partial charge in [-0.05, 0) is 43.5 Å². The van der Waals surface area contributed by atoms with Crippen molar-refractivity contribution in [1.82, 2.24) is 3.97 Å². The Hall–Kier alpha value is -1.73. The van der Waals surface area contributed by atoms with Gasteiger partial charge in [0.2, 0.25) is 0 Å². The molecule has 0 saturated heterocycles. The molecule has 0 N–H and O–H groups in total. The molecular formula is C17H19F2NO3S. The van der Waals surface area contributed by atoms with E-state index in [4.69, 9.17) is 4.74 Å².